The molecule has 1 rings (SSSR count). The molecule has 1 aromatic rings. The second kappa shape index (κ2) is 7.33. The van der Waals surface area contributed by atoms with Gasteiger partial charge in [0.1, 0.15) is 5.82 Å². The average Bonchev–Trinajstić information content (AvgIpc) is 2.30. The topological polar surface area (TPSA) is 44.5 Å². The molecule has 2 N–H and O–H groups in total. The molecule has 0 radical (unpaired) electrons. The van der Waals surface area contributed by atoms with Crippen LogP contribution in [0, 0.1) is 5.82 Å². The van der Waals surface area contributed by atoms with Gasteiger partial charge in [-0.15, -0.1) is 0 Å². The fraction of sp³-hybridized carbons (Fsp3) is 0.500. The third-order valence-electron chi connectivity index (χ3n) is 2.22. The molecule has 1 aromatic carbocycles. The summed E-state index contributed by atoms with van der Waals surface area (Å²) in [5.41, 5.74) is 7.24. The number of benzene rings is 1. The van der Waals surface area contributed by atoms with Crippen molar-refractivity contribution in [3.63, 3.8) is 0 Å². The molecule has 90 valence electrons. The molecule has 0 atom stereocenters. The Bertz CT molecular complexity index is 318. The van der Waals surface area contributed by atoms with Gasteiger partial charge >= 0.3 is 0 Å². The molecule has 0 fully saturated rings. The quantitative estimate of drug-likeness (QED) is 0.723. The van der Waals surface area contributed by atoms with E-state index in [4.69, 9.17) is 15.2 Å². The largest absolute Gasteiger partial charge is 0.379 e. The summed E-state index contributed by atoms with van der Waals surface area (Å²) in [6.45, 7) is 4.51. The summed E-state index contributed by atoms with van der Waals surface area (Å²) in [5, 5.41) is 0. The van der Waals surface area contributed by atoms with Gasteiger partial charge in [-0.2, -0.15) is 0 Å². The van der Waals surface area contributed by atoms with Crippen LogP contribution in [-0.4, -0.2) is 19.8 Å². The van der Waals surface area contributed by atoms with Crippen LogP contribution in [0.15, 0.2) is 18.2 Å². The summed E-state index contributed by atoms with van der Waals surface area (Å²) in [7, 11) is 0. The highest BCUT2D eigenvalue weighted by Gasteiger charge is 2.02. The van der Waals surface area contributed by atoms with Crippen molar-refractivity contribution in [2.24, 2.45) is 5.73 Å². The van der Waals surface area contributed by atoms with E-state index in [1.54, 1.807) is 6.07 Å². The van der Waals surface area contributed by atoms with Crippen molar-refractivity contribution in [2.75, 3.05) is 19.8 Å². The Morgan fingerprint density at radius 3 is 2.62 bits per heavy atom. The Hall–Kier alpha value is -0.970. The summed E-state index contributed by atoms with van der Waals surface area (Å²) in [6, 6.07) is 4.57. The van der Waals surface area contributed by atoms with Crippen molar-refractivity contribution in [3.8, 4) is 0 Å². The molecule has 0 spiro atoms. The summed E-state index contributed by atoms with van der Waals surface area (Å²) in [6.07, 6.45) is 0. The van der Waals surface area contributed by atoms with Gasteiger partial charge in [-0.25, -0.2) is 4.39 Å². The van der Waals surface area contributed by atoms with Gasteiger partial charge in [-0.05, 0) is 30.2 Å². The van der Waals surface area contributed by atoms with Crippen LogP contribution in [0.4, 0.5) is 4.39 Å². The Morgan fingerprint density at radius 1 is 1.19 bits per heavy atom. The second-order valence-electron chi connectivity index (χ2n) is 3.37. The minimum atomic E-state index is -0.265. The molecule has 16 heavy (non-hydrogen) atoms. The van der Waals surface area contributed by atoms with Gasteiger partial charge in [-0.1, -0.05) is 6.07 Å². The van der Waals surface area contributed by atoms with Gasteiger partial charge in [0.2, 0.25) is 0 Å². The first-order valence-electron chi connectivity index (χ1n) is 5.40. The van der Waals surface area contributed by atoms with Gasteiger partial charge in [0.05, 0.1) is 19.8 Å². The molecule has 3 nitrogen and oxygen atoms in total. The zero-order valence-corrected chi connectivity index (χ0v) is 9.54. The van der Waals surface area contributed by atoms with Gasteiger partial charge in [0, 0.05) is 13.2 Å². The third-order valence-corrected chi connectivity index (χ3v) is 2.22. The lowest BCUT2D eigenvalue weighted by molar-refractivity contribution is 0.0450. The molecule has 4 heteroatoms. The van der Waals surface area contributed by atoms with Crippen LogP contribution in [-0.2, 0) is 22.6 Å². The minimum absolute atomic E-state index is 0.265. The molecule has 0 amide bonds. The van der Waals surface area contributed by atoms with Gasteiger partial charge in [0.25, 0.3) is 0 Å². The number of hydrogen-bond donors (Lipinski definition) is 1. The smallest absolute Gasteiger partial charge is 0.123 e. The number of ether oxygens (including phenoxy) is 2. The lowest BCUT2D eigenvalue weighted by Gasteiger charge is -2.09. The van der Waals surface area contributed by atoms with Gasteiger partial charge < -0.3 is 15.2 Å². The number of halogens is 1. The van der Waals surface area contributed by atoms with Crippen molar-refractivity contribution in [2.45, 2.75) is 20.1 Å². The maximum absolute atomic E-state index is 12.9. The predicted octanol–water partition coefficient (Wildman–Crippen LogP) is 1.84. The lowest BCUT2D eigenvalue weighted by Crippen LogP contribution is -2.07. The lowest BCUT2D eigenvalue weighted by atomic mass is 10.1. The first-order valence-corrected chi connectivity index (χ1v) is 5.40. The molecule has 0 unspecified atom stereocenters. The molecule has 0 saturated carbocycles. The fourth-order valence-electron chi connectivity index (χ4n) is 1.37. The number of nitrogens with two attached hydrogens (primary N) is 1. The van der Waals surface area contributed by atoms with Crippen molar-refractivity contribution in [3.05, 3.63) is 35.1 Å². The first kappa shape index (κ1) is 13.1. The van der Waals surface area contributed by atoms with Crippen molar-refractivity contribution >= 4 is 0 Å². The van der Waals surface area contributed by atoms with Gasteiger partial charge in [0.15, 0.2) is 0 Å². The number of hydrogen-bond acceptors (Lipinski definition) is 3. The summed E-state index contributed by atoms with van der Waals surface area (Å²) >= 11 is 0. The van der Waals surface area contributed by atoms with E-state index in [1.807, 2.05) is 6.92 Å². The van der Waals surface area contributed by atoms with Crippen molar-refractivity contribution in [1.29, 1.82) is 0 Å². The molecular formula is C12H18FNO2. The zero-order chi connectivity index (χ0) is 11.8. The second-order valence-corrected chi connectivity index (χ2v) is 3.37. The molecule has 0 aliphatic rings. The van der Waals surface area contributed by atoms with E-state index in [9.17, 15) is 4.39 Å². The number of rotatable bonds is 7. The average molecular weight is 227 g/mol. The molecule has 0 aromatic heterocycles. The van der Waals surface area contributed by atoms with Crippen LogP contribution in [0.3, 0.4) is 0 Å². The standard InChI is InChI=1S/C12H18FNO2/c1-2-15-5-6-16-9-10-3-4-12(13)7-11(10)8-14/h3-4,7H,2,5-6,8-9,14H2,1H3. The van der Waals surface area contributed by atoms with Crippen LogP contribution in [0.1, 0.15) is 18.1 Å². The Morgan fingerprint density at radius 2 is 1.94 bits per heavy atom. The predicted molar refractivity (Wildman–Crippen MR) is 60.4 cm³/mol. The van der Waals surface area contributed by atoms with Crippen LogP contribution in [0.2, 0.25) is 0 Å². The highest BCUT2D eigenvalue weighted by atomic mass is 19.1. The van der Waals surface area contributed by atoms with Crippen molar-refractivity contribution in [1.82, 2.24) is 0 Å². The molecule has 0 bridgehead atoms. The van der Waals surface area contributed by atoms with Crippen LogP contribution in [0.25, 0.3) is 0 Å². The Kier molecular flexibility index (Phi) is 6.00. The first-order chi connectivity index (χ1) is 7.77. The van der Waals surface area contributed by atoms with E-state index in [2.05, 4.69) is 0 Å². The Balaban J connectivity index is 2.41. The summed E-state index contributed by atoms with van der Waals surface area (Å²) < 4.78 is 23.4. The van der Waals surface area contributed by atoms with Crippen molar-refractivity contribution < 1.29 is 13.9 Å². The van der Waals surface area contributed by atoms with E-state index < -0.39 is 0 Å². The Labute approximate surface area is 95.4 Å². The van der Waals surface area contributed by atoms with Crippen LogP contribution < -0.4 is 5.73 Å². The van der Waals surface area contributed by atoms with Crippen LogP contribution in [0.5, 0.6) is 0 Å². The maximum atomic E-state index is 12.9. The molecule has 0 aliphatic carbocycles. The van der Waals surface area contributed by atoms with E-state index in [0.29, 0.717) is 33.0 Å². The van der Waals surface area contributed by atoms with E-state index in [-0.39, 0.29) is 5.82 Å². The molecule has 0 saturated heterocycles. The zero-order valence-electron chi connectivity index (χ0n) is 9.54. The monoisotopic (exact) mass is 227 g/mol. The van der Waals surface area contributed by atoms with Crippen LogP contribution >= 0.6 is 0 Å². The maximum Gasteiger partial charge on any atom is 0.123 e. The highest BCUT2D eigenvalue weighted by molar-refractivity contribution is 5.27. The SMILES string of the molecule is CCOCCOCc1ccc(F)cc1CN. The van der Waals surface area contributed by atoms with E-state index in [1.165, 1.54) is 12.1 Å². The third kappa shape index (κ3) is 4.26. The summed E-state index contributed by atoms with van der Waals surface area (Å²) in [5.74, 6) is -0.265. The summed E-state index contributed by atoms with van der Waals surface area (Å²) in [4.78, 5) is 0. The normalized spacial score (nSPS) is 10.7. The molecular weight excluding hydrogens is 209 g/mol. The van der Waals surface area contributed by atoms with Gasteiger partial charge in [-0.3, -0.25) is 0 Å². The highest BCUT2D eigenvalue weighted by Crippen LogP contribution is 2.11. The molecule has 0 heterocycles. The van der Waals surface area contributed by atoms with E-state index in [0.717, 1.165) is 11.1 Å². The molecule has 0 aliphatic heterocycles. The fourth-order valence-corrected chi connectivity index (χ4v) is 1.37. The van der Waals surface area contributed by atoms with E-state index >= 15 is 0 Å². The minimum Gasteiger partial charge on any atom is -0.379 e.